The van der Waals surface area contributed by atoms with Crippen LogP contribution in [0.4, 0.5) is 13.2 Å². The number of rotatable bonds is 6. The van der Waals surface area contributed by atoms with Crippen molar-refractivity contribution in [3.05, 3.63) is 53.4 Å². The van der Waals surface area contributed by atoms with Crippen molar-refractivity contribution in [2.45, 2.75) is 32.4 Å². The van der Waals surface area contributed by atoms with Gasteiger partial charge in [-0.15, -0.1) is 0 Å². The van der Waals surface area contributed by atoms with E-state index in [4.69, 9.17) is 0 Å². The fourth-order valence-electron chi connectivity index (χ4n) is 2.32. The average molecular weight is 297 g/mol. The molecule has 1 atom stereocenters. The van der Waals surface area contributed by atoms with Crippen molar-refractivity contribution < 1.29 is 13.2 Å². The minimum absolute atomic E-state index is 0.340. The summed E-state index contributed by atoms with van der Waals surface area (Å²) in [5.74, 6) is -2.98. The standard InChI is InChI=1S/C15H18F3N3/c1-3-5-21-6-4-20-14(21)9-13(19-2)10-7-11(16)15(18)12(17)8-10/h4,6-8,13,19H,3,5,9H2,1-2H3. The molecular weight excluding hydrogens is 279 g/mol. The molecule has 0 amide bonds. The van der Waals surface area contributed by atoms with Crippen LogP contribution in [0, 0.1) is 17.5 Å². The lowest BCUT2D eigenvalue weighted by molar-refractivity contribution is 0.440. The fourth-order valence-corrected chi connectivity index (χ4v) is 2.32. The van der Waals surface area contributed by atoms with Gasteiger partial charge in [-0.3, -0.25) is 0 Å². The molecule has 2 rings (SSSR count). The van der Waals surface area contributed by atoms with E-state index < -0.39 is 17.5 Å². The maximum atomic E-state index is 13.4. The zero-order valence-corrected chi connectivity index (χ0v) is 12.0. The van der Waals surface area contributed by atoms with Crippen molar-refractivity contribution in [2.24, 2.45) is 0 Å². The van der Waals surface area contributed by atoms with Crippen LogP contribution in [0.5, 0.6) is 0 Å². The molecule has 0 aliphatic carbocycles. The Morgan fingerprint density at radius 3 is 2.48 bits per heavy atom. The van der Waals surface area contributed by atoms with E-state index in [0.29, 0.717) is 12.0 Å². The van der Waals surface area contributed by atoms with Gasteiger partial charge in [0.2, 0.25) is 0 Å². The van der Waals surface area contributed by atoms with Gasteiger partial charge < -0.3 is 9.88 Å². The van der Waals surface area contributed by atoms with E-state index in [1.54, 1.807) is 13.2 Å². The molecule has 2 aromatic rings. The Hall–Kier alpha value is -1.82. The number of hydrogen-bond acceptors (Lipinski definition) is 2. The summed E-state index contributed by atoms with van der Waals surface area (Å²) in [5, 5.41) is 2.99. The summed E-state index contributed by atoms with van der Waals surface area (Å²) in [4.78, 5) is 4.27. The lowest BCUT2D eigenvalue weighted by atomic mass is 10.0. The molecule has 0 spiro atoms. The van der Waals surface area contributed by atoms with Gasteiger partial charge in [0.25, 0.3) is 0 Å². The van der Waals surface area contributed by atoms with Crippen LogP contribution in [0.1, 0.15) is 30.8 Å². The molecule has 3 nitrogen and oxygen atoms in total. The molecule has 21 heavy (non-hydrogen) atoms. The third kappa shape index (κ3) is 3.44. The van der Waals surface area contributed by atoms with Crippen molar-refractivity contribution in [1.29, 1.82) is 0 Å². The normalized spacial score (nSPS) is 12.6. The van der Waals surface area contributed by atoms with E-state index in [-0.39, 0.29) is 6.04 Å². The molecule has 1 heterocycles. The highest BCUT2D eigenvalue weighted by Gasteiger charge is 2.18. The Morgan fingerprint density at radius 1 is 1.24 bits per heavy atom. The molecule has 114 valence electrons. The molecule has 1 N–H and O–H groups in total. The van der Waals surface area contributed by atoms with Crippen molar-refractivity contribution in [3.63, 3.8) is 0 Å². The lowest BCUT2D eigenvalue weighted by Crippen LogP contribution is -2.21. The highest BCUT2D eigenvalue weighted by molar-refractivity contribution is 5.23. The van der Waals surface area contributed by atoms with Gasteiger partial charge in [-0.2, -0.15) is 0 Å². The smallest absolute Gasteiger partial charge is 0.194 e. The van der Waals surface area contributed by atoms with Gasteiger partial charge in [0.05, 0.1) is 0 Å². The number of imidazole rings is 1. The van der Waals surface area contributed by atoms with E-state index in [2.05, 4.69) is 17.2 Å². The zero-order chi connectivity index (χ0) is 15.4. The lowest BCUT2D eigenvalue weighted by Gasteiger charge is -2.17. The Balaban J connectivity index is 2.26. The second-order valence-corrected chi connectivity index (χ2v) is 4.88. The van der Waals surface area contributed by atoms with E-state index >= 15 is 0 Å². The minimum atomic E-state index is -1.44. The minimum Gasteiger partial charge on any atom is -0.335 e. The van der Waals surface area contributed by atoms with Gasteiger partial charge in [0.1, 0.15) is 5.82 Å². The summed E-state index contributed by atoms with van der Waals surface area (Å²) in [6.45, 7) is 2.89. The summed E-state index contributed by atoms with van der Waals surface area (Å²) < 4.78 is 41.7. The van der Waals surface area contributed by atoms with Gasteiger partial charge in [-0.1, -0.05) is 6.92 Å². The predicted octanol–water partition coefficient (Wildman–Crippen LogP) is 3.21. The van der Waals surface area contributed by atoms with Gasteiger partial charge >= 0.3 is 0 Å². The van der Waals surface area contributed by atoms with Crippen molar-refractivity contribution in [2.75, 3.05) is 7.05 Å². The highest BCUT2D eigenvalue weighted by atomic mass is 19.2. The second-order valence-electron chi connectivity index (χ2n) is 4.88. The number of halogens is 3. The first-order chi connectivity index (χ1) is 10.1. The summed E-state index contributed by atoms with van der Waals surface area (Å²) in [5.41, 5.74) is 0.361. The zero-order valence-electron chi connectivity index (χ0n) is 12.0. The van der Waals surface area contributed by atoms with Crippen LogP contribution in [0.2, 0.25) is 0 Å². The molecule has 0 fully saturated rings. The molecule has 0 radical (unpaired) electrons. The molecule has 1 unspecified atom stereocenters. The summed E-state index contributed by atoms with van der Waals surface area (Å²) in [6, 6.07) is 1.70. The molecule has 0 saturated heterocycles. The number of nitrogens with one attached hydrogen (secondary N) is 1. The monoisotopic (exact) mass is 297 g/mol. The number of aryl methyl sites for hydroxylation is 1. The number of likely N-dealkylation sites (N-methyl/N-ethyl adjacent to an activating group) is 1. The Labute approximate surface area is 121 Å². The SMILES string of the molecule is CCCn1ccnc1CC(NC)c1cc(F)c(F)c(F)c1. The van der Waals surface area contributed by atoms with Crippen LogP contribution in [0.15, 0.2) is 24.5 Å². The summed E-state index contributed by atoms with van der Waals surface area (Å²) >= 11 is 0. The molecular formula is C15H18F3N3. The largest absolute Gasteiger partial charge is 0.335 e. The van der Waals surface area contributed by atoms with Crippen molar-refractivity contribution in [3.8, 4) is 0 Å². The van der Waals surface area contributed by atoms with Gasteiger partial charge in [-0.25, -0.2) is 18.2 Å². The summed E-state index contributed by atoms with van der Waals surface area (Å²) in [6.07, 6.45) is 5.00. The van der Waals surface area contributed by atoms with Gasteiger partial charge in [0, 0.05) is 31.4 Å². The third-order valence-electron chi connectivity index (χ3n) is 3.41. The second kappa shape index (κ2) is 6.76. The number of hydrogen-bond donors (Lipinski definition) is 1. The molecule has 0 bridgehead atoms. The molecule has 0 aliphatic rings. The predicted molar refractivity (Wildman–Crippen MR) is 74.3 cm³/mol. The van der Waals surface area contributed by atoms with Gasteiger partial charge in [0.15, 0.2) is 17.5 Å². The van der Waals surface area contributed by atoms with Crippen LogP contribution in [0.3, 0.4) is 0 Å². The van der Waals surface area contributed by atoms with E-state index in [0.717, 1.165) is 30.9 Å². The van der Waals surface area contributed by atoms with Gasteiger partial charge in [-0.05, 0) is 31.2 Å². The molecule has 1 aromatic heterocycles. The van der Waals surface area contributed by atoms with Crippen LogP contribution in [0.25, 0.3) is 0 Å². The van der Waals surface area contributed by atoms with Crippen molar-refractivity contribution >= 4 is 0 Å². The van der Waals surface area contributed by atoms with Crippen LogP contribution >= 0.6 is 0 Å². The average Bonchev–Trinajstić information content (AvgIpc) is 2.89. The molecule has 0 saturated carbocycles. The molecule has 1 aromatic carbocycles. The third-order valence-corrected chi connectivity index (χ3v) is 3.41. The Kier molecular flexibility index (Phi) is 5.01. The number of benzene rings is 1. The first-order valence-electron chi connectivity index (χ1n) is 6.88. The first-order valence-corrected chi connectivity index (χ1v) is 6.88. The Morgan fingerprint density at radius 2 is 1.90 bits per heavy atom. The quantitative estimate of drug-likeness (QED) is 0.830. The van der Waals surface area contributed by atoms with Crippen LogP contribution in [-0.4, -0.2) is 16.6 Å². The van der Waals surface area contributed by atoms with E-state index in [1.807, 2.05) is 10.8 Å². The van der Waals surface area contributed by atoms with Crippen LogP contribution < -0.4 is 5.32 Å². The molecule has 0 aliphatic heterocycles. The van der Waals surface area contributed by atoms with E-state index in [9.17, 15) is 13.2 Å². The fraction of sp³-hybridized carbons (Fsp3) is 0.400. The number of aromatic nitrogens is 2. The Bertz CT molecular complexity index is 587. The highest BCUT2D eigenvalue weighted by Crippen LogP contribution is 2.22. The molecule has 6 heteroatoms. The maximum Gasteiger partial charge on any atom is 0.194 e. The number of nitrogens with zero attached hydrogens (tertiary/aromatic N) is 2. The summed E-state index contributed by atoms with van der Waals surface area (Å²) in [7, 11) is 1.69. The van der Waals surface area contributed by atoms with E-state index in [1.165, 1.54) is 0 Å². The maximum absolute atomic E-state index is 13.4. The van der Waals surface area contributed by atoms with Crippen LogP contribution in [-0.2, 0) is 13.0 Å². The topological polar surface area (TPSA) is 29.9 Å². The van der Waals surface area contributed by atoms with Crippen molar-refractivity contribution in [1.82, 2.24) is 14.9 Å². The first kappa shape index (κ1) is 15.6.